The van der Waals surface area contributed by atoms with Crippen LogP contribution in [-0.4, -0.2) is 9.97 Å². The SMILES string of the molecule is CC(C)(C)Cc1ccc(-c2cc3ccnc(-c4cc(Oc5cc(-c6nccc7cc(-c8ccc(CC(C)(C)C)cc8)oc67)cc6ccccc56)c5ccccc5c4)c3o2)cc1. The van der Waals surface area contributed by atoms with E-state index in [-0.39, 0.29) is 10.8 Å². The van der Waals surface area contributed by atoms with Crippen molar-refractivity contribution in [3.05, 3.63) is 169 Å². The quantitative estimate of drug-likeness (QED) is 0.153. The van der Waals surface area contributed by atoms with Crippen LogP contribution in [0.25, 0.3) is 88.6 Å². The van der Waals surface area contributed by atoms with Crippen LogP contribution in [0.3, 0.4) is 0 Å². The fraction of sp³-hybridized carbons (Fsp3) is 0.179. The van der Waals surface area contributed by atoms with Gasteiger partial charge in [0, 0.05) is 56.2 Å². The summed E-state index contributed by atoms with van der Waals surface area (Å²) >= 11 is 0. The molecule has 0 aliphatic carbocycles. The molecule has 6 aromatic carbocycles. The second-order valence-electron chi connectivity index (χ2n) is 18.7. The number of hydrogen-bond donors (Lipinski definition) is 0. The fourth-order valence-electron chi connectivity index (χ4n) is 8.54. The summed E-state index contributed by atoms with van der Waals surface area (Å²) in [6, 6.07) is 50.8. The van der Waals surface area contributed by atoms with E-state index in [0.717, 1.165) is 113 Å². The largest absolute Gasteiger partial charge is 0.456 e. The Kier molecular flexibility index (Phi) is 9.36. The average molecular weight is 797 g/mol. The Balaban J connectivity index is 1.04. The number of hydrogen-bond acceptors (Lipinski definition) is 5. The highest BCUT2D eigenvalue weighted by atomic mass is 16.5. The molecule has 0 fully saturated rings. The molecule has 300 valence electrons. The summed E-state index contributed by atoms with van der Waals surface area (Å²) in [5, 5.41) is 6.05. The summed E-state index contributed by atoms with van der Waals surface area (Å²) < 4.78 is 20.4. The standard InChI is InChI=1S/C56H48N2O3/c1-55(2,3)33-35-15-19-37(20-16-35)47-29-41-23-25-57-51(53(41)60-47)43-27-39-11-7-9-13-45(39)49(31-43)59-50-32-44(28-40-12-8-10-14-46(40)50)52-54-42(24-26-58-52)30-48(61-54)38-21-17-36(18-22-38)34-56(4,5)6/h7-32H,33-34H2,1-6H3. The Morgan fingerprint density at radius 3 is 1.25 bits per heavy atom. The minimum atomic E-state index is 0.218. The Bertz CT molecular complexity index is 3010. The van der Waals surface area contributed by atoms with Crippen molar-refractivity contribution in [2.45, 2.75) is 54.4 Å². The van der Waals surface area contributed by atoms with Gasteiger partial charge in [0.2, 0.25) is 0 Å². The van der Waals surface area contributed by atoms with Crippen LogP contribution >= 0.6 is 0 Å². The summed E-state index contributed by atoms with van der Waals surface area (Å²) in [5.74, 6) is 3.07. The Hall–Kier alpha value is -6.98. The lowest BCUT2D eigenvalue weighted by Gasteiger charge is -2.18. The van der Waals surface area contributed by atoms with Crippen LogP contribution in [0, 0.1) is 10.8 Å². The molecule has 0 saturated carbocycles. The van der Waals surface area contributed by atoms with Crippen molar-refractivity contribution in [2.75, 3.05) is 0 Å². The van der Waals surface area contributed by atoms with Crippen molar-refractivity contribution in [3.8, 4) is 56.7 Å². The number of fused-ring (bicyclic) bond motifs is 4. The minimum Gasteiger partial charge on any atom is -0.456 e. The van der Waals surface area contributed by atoms with Crippen LogP contribution in [0.15, 0.2) is 167 Å². The van der Waals surface area contributed by atoms with Crippen LogP contribution in [0.2, 0.25) is 0 Å². The zero-order valence-electron chi connectivity index (χ0n) is 35.5. The van der Waals surface area contributed by atoms with Crippen LogP contribution < -0.4 is 4.74 Å². The van der Waals surface area contributed by atoms with E-state index in [0.29, 0.717) is 0 Å². The number of ether oxygens (including phenoxy) is 1. The van der Waals surface area contributed by atoms with Crippen molar-refractivity contribution in [1.82, 2.24) is 9.97 Å². The predicted molar refractivity (Wildman–Crippen MR) is 251 cm³/mol. The fourth-order valence-corrected chi connectivity index (χ4v) is 8.54. The Morgan fingerprint density at radius 2 is 0.836 bits per heavy atom. The highest BCUT2D eigenvalue weighted by molar-refractivity contribution is 6.00. The molecular weight excluding hydrogens is 749 g/mol. The van der Waals surface area contributed by atoms with E-state index in [1.165, 1.54) is 11.1 Å². The molecule has 10 rings (SSSR count). The summed E-state index contributed by atoms with van der Waals surface area (Å²) in [6.07, 6.45) is 5.73. The van der Waals surface area contributed by atoms with E-state index in [1.807, 2.05) is 36.7 Å². The third-order valence-corrected chi connectivity index (χ3v) is 11.2. The maximum absolute atomic E-state index is 7.08. The summed E-state index contributed by atoms with van der Waals surface area (Å²) in [6.45, 7) is 13.6. The van der Waals surface area contributed by atoms with E-state index in [9.17, 15) is 0 Å². The van der Waals surface area contributed by atoms with Crippen LogP contribution in [-0.2, 0) is 12.8 Å². The lowest BCUT2D eigenvalue weighted by molar-refractivity contribution is 0.411. The molecule has 0 radical (unpaired) electrons. The molecule has 0 aliphatic rings. The minimum absolute atomic E-state index is 0.218. The molecule has 0 bridgehead atoms. The number of aromatic nitrogens is 2. The van der Waals surface area contributed by atoms with Gasteiger partial charge in [-0.2, -0.15) is 0 Å². The Morgan fingerprint density at radius 1 is 0.426 bits per heavy atom. The van der Waals surface area contributed by atoms with E-state index >= 15 is 0 Å². The molecule has 10 aromatic rings. The molecule has 5 heteroatoms. The van der Waals surface area contributed by atoms with Gasteiger partial charge in [0.05, 0.1) is 0 Å². The summed E-state index contributed by atoms with van der Waals surface area (Å²) in [4.78, 5) is 9.80. The molecule has 0 N–H and O–H groups in total. The zero-order chi connectivity index (χ0) is 41.9. The molecule has 0 unspecified atom stereocenters. The van der Waals surface area contributed by atoms with Gasteiger partial charge in [-0.3, -0.25) is 9.97 Å². The van der Waals surface area contributed by atoms with Crippen molar-refractivity contribution >= 4 is 43.5 Å². The van der Waals surface area contributed by atoms with E-state index in [1.54, 1.807) is 0 Å². The molecular formula is C56H48N2O3. The van der Waals surface area contributed by atoms with Crippen molar-refractivity contribution in [3.63, 3.8) is 0 Å². The van der Waals surface area contributed by atoms with Crippen molar-refractivity contribution < 1.29 is 13.6 Å². The maximum atomic E-state index is 7.08. The summed E-state index contributed by atoms with van der Waals surface area (Å²) in [7, 11) is 0. The predicted octanol–water partition coefficient (Wildman–Crippen LogP) is 15.9. The van der Waals surface area contributed by atoms with Gasteiger partial charge in [-0.1, -0.05) is 139 Å². The highest BCUT2D eigenvalue weighted by Gasteiger charge is 2.20. The average Bonchev–Trinajstić information content (AvgIpc) is 3.88. The highest BCUT2D eigenvalue weighted by Crippen LogP contribution is 2.43. The first-order valence-electron chi connectivity index (χ1n) is 21.1. The molecule has 0 atom stereocenters. The first kappa shape index (κ1) is 38.2. The van der Waals surface area contributed by atoms with Gasteiger partial charge in [0.25, 0.3) is 0 Å². The molecule has 61 heavy (non-hydrogen) atoms. The van der Waals surface area contributed by atoms with Crippen molar-refractivity contribution in [2.24, 2.45) is 10.8 Å². The van der Waals surface area contributed by atoms with Gasteiger partial charge in [-0.15, -0.1) is 0 Å². The third-order valence-electron chi connectivity index (χ3n) is 11.2. The lowest BCUT2D eigenvalue weighted by atomic mass is 9.88. The second-order valence-corrected chi connectivity index (χ2v) is 18.7. The topological polar surface area (TPSA) is 61.3 Å². The van der Waals surface area contributed by atoms with Crippen LogP contribution in [0.4, 0.5) is 0 Å². The lowest BCUT2D eigenvalue weighted by Crippen LogP contribution is -2.08. The molecule has 0 spiro atoms. The first-order chi connectivity index (χ1) is 29.4. The van der Waals surface area contributed by atoms with E-state index < -0.39 is 0 Å². The number of rotatable bonds is 8. The molecule has 4 aromatic heterocycles. The maximum Gasteiger partial charge on any atom is 0.161 e. The van der Waals surface area contributed by atoms with Gasteiger partial charge in [0.15, 0.2) is 11.2 Å². The molecule has 0 amide bonds. The first-order valence-corrected chi connectivity index (χ1v) is 21.1. The normalized spacial score (nSPS) is 12.2. The van der Waals surface area contributed by atoms with Gasteiger partial charge in [0.1, 0.15) is 34.4 Å². The monoisotopic (exact) mass is 796 g/mol. The van der Waals surface area contributed by atoms with E-state index in [4.69, 9.17) is 23.5 Å². The molecule has 0 aliphatic heterocycles. The smallest absolute Gasteiger partial charge is 0.161 e. The number of benzene rings is 6. The Labute approximate surface area is 356 Å². The molecule has 4 heterocycles. The van der Waals surface area contributed by atoms with Gasteiger partial charge in [-0.25, -0.2) is 0 Å². The van der Waals surface area contributed by atoms with Gasteiger partial charge < -0.3 is 13.6 Å². The number of nitrogens with zero attached hydrogens (tertiary/aromatic N) is 2. The van der Waals surface area contributed by atoms with Crippen molar-refractivity contribution in [1.29, 1.82) is 0 Å². The van der Waals surface area contributed by atoms with E-state index in [2.05, 4.69) is 163 Å². The van der Waals surface area contributed by atoms with Gasteiger partial charge >= 0.3 is 0 Å². The van der Waals surface area contributed by atoms with Crippen LogP contribution in [0.1, 0.15) is 52.7 Å². The summed E-state index contributed by atoms with van der Waals surface area (Å²) in [5.41, 5.74) is 9.94. The van der Waals surface area contributed by atoms with Gasteiger partial charge in [-0.05, 0) is 94.1 Å². The second kappa shape index (κ2) is 14.9. The zero-order valence-corrected chi connectivity index (χ0v) is 35.5. The van der Waals surface area contributed by atoms with Crippen LogP contribution in [0.5, 0.6) is 11.5 Å². The third kappa shape index (κ3) is 7.80. The number of furan rings is 2. The molecule has 0 saturated heterocycles. The molecule has 5 nitrogen and oxygen atoms in total. The number of pyridine rings is 2.